The van der Waals surface area contributed by atoms with Crippen molar-refractivity contribution in [1.82, 2.24) is 4.98 Å². The molecule has 2 aromatic carbocycles. The molecular weight excluding hydrogens is 378 g/mol. The predicted molar refractivity (Wildman–Crippen MR) is 111 cm³/mol. The molecule has 1 amide bonds. The van der Waals surface area contributed by atoms with Gasteiger partial charge in [-0.25, -0.2) is 4.98 Å². The fourth-order valence-corrected chi connectivity index (χ4v) is 3.43. The standard InChI is InChI=1S/C20H21N3O4S/c1-12-18(19(24)22-14-9-16(26-3)11-17(10-14)27-4)28-20(21-12)23-13-6-5-7-15(8-13)25-2/h5-11H,1-4H3,(H,21,23)(H,22,24). The fraction of sp³-hybridized carbons (Fsp3) is 0.200. The molecule has 0 aliphatic rings. The first kappa shape index (κ1) is 19.5. The maximum atomic E-state index is 12.7. The number of nitrogens with one attached hydrogen (secondary N) is 2. The molecule has 0 aliphatic carbocycles. The number of nitrogens with zero attached hydrogens (tertiary/aromatic N) is 1. The number of aromatic nitrogens is 1. The largest absolute Gasteiger partial charge is 0.497 e. The van der Waals surface area contributed by atoms with E-state index < -0.39 is 0 Å². The van der Waals surface area contributed by atoms with Crippen LogP contribution >= 0.6 is 11.3 Å². The molecule has 0 aliphatic heterocycles. The minimum absolute atomic E-state index is 0.246. The van der Waals surface area contributed by atoms with E-state index in [0.717, 1.165) is 11.4 Å². The van der Waals surface area contributed by atoms with Crippen molar-refractivity contribution in [1.29, 1.82) is 0 Å². The number of rotatable bonds is 7. The summed E-state index contributed by atoms with van der Waals surface area (Å²) in [5.41, 5.74) is 2.05. The Labute approximate surface area is 167 Å². The zero-order valence-electron chi connectivity index (χ0n) is 16.0. The number of hydrogen-bond acceptors (Lipinski definition) is 7. The molecule has 1 heterocycles. The van der Waals surface area contributed by atoms with Crippen LogP contribution < -0.4 is 24.8 Å². The van der Waals surface area contributed by atoms with Gasteiger partial charge in [0.2, 0.25) is 0 Å². The van der Waals surface area contributed by atoms with Crippen LogP contribution in [0.5, 0.6) is 17.2 Å². The summed E-state index contributed by atoms with van der Waals surface area (Å²) < 4.78 is 15.7. The molecule has 0 bridgehead atoms. The molecule has 0 fully saturated rings. The minimum Gasteiger partial charge on any atom is -0.497 e. The zero-order valence-corrected chi connectivity index (χ0v) is 16.8. The second-order valence-electron chi connectivity index (χ2n) is 5.85. The molecule has 0 atom stereocenters. The van der Waals surface area contributed by atoms with Crippen molar-refractivity contribution in [2.24, 2.45) is 0 Å². The molecule has 146 valence electrons. The Bertz CT molecular complexity index is 965. The van der Waals surface area contributed by atoms with Crippen molar-refractivity contribution in [3.63, 3.8) is 0 Å². The van der Waals surface area contributed by atoms with Crippen molar-refractivity contribution in [2.45, 2.75) is 6.92 Å². The van der Waals surface area contributed by atoms with E-state index in [9.17, 15) is 4.79 Å². The smallest absolute Gasteiger partial charge is 0.267 e. The van der Waals surface area contributed by atoms with Gasteiger partial charge in [0, 0.05) is 35.6 Å². The van der Waals surface area contributed by atoms with Crippen molar-refractivity contribution in [2.75, 3.05) is 32.0 Å². The number of carbonyl (C=O) groups is 1. The van der Waals surface area contributed by atoms with Gasteiger partial charge >= 0.3 is 0 Å². The van der Waals surface area contributed by atoms with Crippen LogP contribution in [0.25, 0.3) is 0 Å². The number of aryl methyl sites for hydroxylation is 1. The Kier molecular flexibility index (Phi) is 6.00. The number of amides is 1. The first-order valence-electron chi connectivity index (χ1n) is 8.45. The first-order valence-corrected chi connectivity index (χ1v) is 9.27. The molecule has 3 aromatic rings. The highest BCUT2D eigenvalue weighted by Gasteiger charge is 2.16. The predicted octanol–water partition coefficient (Wildman–Crippen LogP) is 4.47. The number of hydrogen-bond donors (Lipinski definition) is 2. The maximum Gasteiger partial charge on any atom is 0.267 e. The summed E-state index contributed by atoms with van der Waals surface area (Å²) in [5.74, 6) is 1.68. The molecule has 28 heavy (non-hydrogen) atoms. The van der Waals surface area contributed by atoms with E-state index in [1.165, 1.54) is 11.3 Å². The highest BCUT2D eigenvalue weighted by molar-refractivity contribution is 7.17. The molecule has 0 spiro atoms. The number of anilines is 3. The SMILES string of the molecule is COc1cccc(Nc2nc(C)c(C(=O)Nc3cc(OC)cc(OC)c3)s2)c1. The second-order valence-corrected chi connectivity index (χ2v) is 6.85. The van der Waals surface area contributed by atoms with Crippen LogP contribution in [0.4, 0.5) is 16.5 Å². The maximum absolute atomic E-state index is 12.7. The second kappa shape index (κ2) is 8.62. The van der Waals surface area contributed by atoms with E-state index in [1.807, 2.05) is 24.3 Å². The lowest BCUT2D eigenvalue weighted by molar-refractivity contribution is 0.103. The molecule has 7 nitrogen and oxygen atoms in total. The van der Waals surface area contributed by atoms with Crippen LogP contribution in [0.3, 0.4) is 0 Å². The van der Waals surface area contributed by atoms with E-state index >= 15 is 0 Å². The van der Waals surface area contributed by atoms with Gasteiger partial charge in [-0.15, -0.1) is 0 Å². The Hall–Kier alpha value is -3.26. The molecule has 1 aromatic heterocycles. The molecule has 0 unspecified atom stereocenters. The van der Waals surface area contributed by atoms with E-state index in [0.29, 0.717) is 32.9 Å². The van der Waals surface area contributed by atoms with Crippen molar-refractivity contribution >= 4 is 33.8 Å². The third-order valence-corrected chi connectivity index (χ3v) is 5.00. The van der Waals surface area contributed by atoms with Gasteiger partial charge in [-0.2, -0.15) is 0 Å². The van der Waals surface area contributed by atoms with E-state index in [1.54, 1.807) is 46.5 Å². The average molecular weight is 399 g/mol. The molecule has 0 saturated heterocycles. The number of carbonyl (C=O) groups excluding carboxylic acids is 1. The first-order chi connectivity index (χ1) is 13.5. The number of methoxy groups -OCH3 is 3. The van der Waals surface area contributed by atoms with Crippen LogP contribution in [0.1, 0.15) is 15.4 Å². The lowest BCUT2D eigenvalue weighted by Gasteiger charge is -2.09. The van der Waals surface area contributed by atoms with Gasteiger partial charge in [0.25, 0.3) is 5.91 Å². The quantitative estimate of drug-likeness (QED) is 0.610. The Balaban J connectivity index is 1.78. The van der Waals surface area contributed by atoms with Gasteiger partial charge in [-0.1, -0.05) is 17.4 Å². The van der Waals surface area contributed by atoms with E-state index in [2.05, 4.69) is 15.6 Å². The third-order valence-electron chi connectivity index (χ3n) is 3.93. The van der Waals surface area contributed by atoms with Gasteiger partial charge in [0.1, 0.15) is 22.1 Å². The monoisotopic (exact) mass is 399 g/mol. The van der Waals surface area contributed by atoms with Gasteiger partial charge in [0.15, 0.2) is 5.13 Å². The Morgan fingerprint density at radius 1 is 0.929 bits per heavy atom. The van der Waals surface area contributed by atoms with Crippen LogP contribution in [0, 0.1) is 6.92 Å². The molecule has 2 N–H and O–H groups in total. The van der Waals surface area contributed by atoms with E-state index in [-0.39, 0.29) is 5.91 Å². The lowest BCUT2D eigenvalue weighted by atomic mass is 10.2. The van der Waals surface area contributed by atoms with Crippen molar-refractivity contribution < 1.29 is 19.0 Å². The van der Waals surface area contributed by atoms with Crippen molar-refractivity contribution in [3.05, 3.63) is 53.0 Å². The van der Waals surface area contributed by atoms with Crippen LogP contribution in [-0.4, -0.2) is 32.2 Å². The molecular formula is C20H21N3O4S. The summed E-state index contributed by atoms with van der Waals surface area (Å²) in [6.45, 7) is 1.80. The summed E-state index contributed by atoms with van der Waals surface area (Å²) in [6.07, 6.45) is 0. The summed E-state index contributed by atoms with van der Waals surface area (Å²) in [6, 6.07) is 12.7. The highest BCUT2D eigenvalue weighted by Crippen LogP contribution is 2.30. The van der Waals surface area contributed by atoms with Gasteiger partial charge in [0.05, 0.1) is 27.0 Å². The summed E-state index contributed by atoms with van der Waals surface area (Å²) in [5, 5.41) is 6.69. The zero-order chi connectivity index (χ0) is 20.1. The van der Waals surface area contributed by atoms with Crippen LogP contribution in [-0.2, 0) is 0 Å². The number of benzene rings is 2. The Morgan fingerprint density at radius 2 is 1.57 bits per heavy atom. The minimum atomic E-state index is -0.246. The number of ether oxygens (including phenoxy) is 3. The molecule has 0 radical (unpaired) electrons. The fourth-order valence-electron chi connectivity index (χ4n) is 2.55. The van der Waals surface area contributed by atoms with E-state index in [4.69, 9.17) is 14.2 Å². The topological polar surface area (TPSA) is 81.7 Å². The van der Waals surface area contributed by atoms with Gasteiger partial charge in [-0.05, 0) is 19.1 Å². The summed E-state index contributed by atoms with van der Waals surface area (Å²) in [7, 11) is 4.73. The highest BCUT2D eigenvalue weighted by atomic mass is 32.1. The normalized spacial score (nSPS) is 10.3. The third kappa shape index (κ3) is 4.52. The average Bonchev–Trinajstić information content (AvgIpc) is 3.07. The summed E-state index contributed by atoms with van der Waals surface area (Å²) >= 11 is 1.28. The van der Waals surface area contributed by atoms with Crippen LogP contribution in [0.15, 0.2) is 42.5 Å². The molecule has 3 rings (SSSR count). The lowest BCUT2D eigenvalue weighted by Crippen LogP contribution is -2.11. The van der Waals surface area contributed by atoms with Gasteiger partial charge < -0.3 is 24.8 Å². The molecule has 0 saturated carbocycles. The summed E-state index contributed by atoms with van der Waals surface area (Å²) in [4.78, 5) is 17.7. The molecule has 8 heteroatoms. The van der Waals surface area contributed by atoms with Gasteiger partial charge in [-0.3, -0.25) is 4.79 Å². The Morgan fingerprint density at radius 3 is 2.21 bits per heavy atom. The van der Waals surface area contributed by atoms with Crippen molar-refractivity contribution in [3.8, 4) is 17.2 Å². The number of thiazole rings is 1. The van der Waals surface area contributed by atoms with Crippen LogP contribution in [0.2, 0.25) is 0 Å².